The Hall–Kier alpha value is -2.08. The van der Waals surface area contributed by atoms with E-state index in [0.29, 0.717) is 5.69 Å². The molecular formula is C15H24N4O2. The Morgan fingerprint density at radius 3 is 2.43 bits per heavy atom. The van der Waals surface area contributed by atoms with Crippen LogP contribution in [0.1, 0.15) is 25.5 Å². The van der Waals surface area contributed by atoms with Gasteiger partial charge in [-0.25, -0.2) is 4.79 Å². The number of rotatable bonds is 5. The molecule has 0 fully saturated rings. The first-order valence-corrected chi connectivity index (χ1v) is 6.91. The van der Waals surface area contributed by atoms with Crippen molar-refractivity contribution in [2.24, 2.45) is 0 Å². The standard InChI is InChI=1S/C15H24N4O2/c1-10(16-3)12-7-6-8-13(9-12)18-15(21)17-11(2)14(20)19(4)5/h6-11,16H,1-5H3,(H2,17,18,21). The molecule has 0 radical (unpaired) electrons. The molecule has 6 nitrogen and oxygen atoms in total. The summed E-state index contributed by atoms with van der Waals surface area (Å²) in [7, 11) is 5.19. The van der Waals surface area contributed by atoms with Gasteiger partial charge in [-0.1, -0.05) is 12.1 Å². The smallest absolute Gasteiger partial charge is 0.319 e. The number of likely N-dealkylation sites (N-methyl/N-ethyl adjacent to an activating group) is 1. The van der Waals surface area contributed by atoms with Gasteiger partial charge >= 0.3 is 6.03 Å². The van der Waals surface area contributed by atoms with Gasteiger partial charge in [0.1, 0.15) is 6.04 Å². The topological polar surface area (TPSA) is 73.5 Å². The normalized spacial score (nSPS) is 13.2. The van der Waals surface area contributed by atoms with Gasteiger partial charge in [0.2, 0.25) is 5.91 Å². The maximum Gasteiger partial charge on any atom is 0.319 e. The van der Waals surface area contributed by atoms with E-state index in [4.69, 9.17) is 0 Å². The maximum atomic E-state index is 11.9. The lowest BCUT2D eigenvalue weighted by molar-refractivity contribution is -0.130. The average Bonchev–Trinajstić information content (AvgIpc) is 2.45. The van der Waals surface area contributed by atoms with Gasteiger partial charge in [0.25, 0.3) is 0 Å². The van der Waals surface area contributed by atoms with Crippen molar-refractivity contribution >= 4 is 17.6 Å². The van der Waals surface area contributed by atoms with Crippen molar-refractivity contribution in [3.63, 3.8) is 0 Å². The number of carbonyl (C=O) groups excluding carboxylic acids is 2. The summed E-state index contributed by atoms with van der Waals surface area (Å²) in [6.07, 6.45) is 0. The van der Waals surface area contributed by atoms with E-state index in [1.54, 1.807) is 21.0 Å². The van der Waals surface area contributed by atoms with E-state index >= 15 is 0 Å². The number of hydrogen-bond donors (Lipinski definition) is 3. The van der Waals surface area contributed by atoms with Crippen LogP contribution in [-0.4, -0.2) is 44.0 Å². The van der Waals surface area contributed by atoms with Crippen molar-refractivity contribution in [1.82, 2.24) is 15.5 Å². The van der Waals surface area contributed by atoms with Gasteiger partial charge < -0.3 is 20.9 Å². The molecule has 21 heavy (non-hydrogen) atoms. The molecule has 0 aliphatic rings. The fraction of sp³-hybridized carbons (Fsp3) is 0.467. The van der Waals surface area contributed by atoms with Gasteiger partial charge in [-0.3, -0.25) is 4.79 Å². The van der Waals surface area contributed by atoms with Crippen LogP contribution in [0.4, 0.5) is 10.5 Å². The van der Waals surface area contributed by atoms with Crippen LogP contribution in [0.5, 0.6) is 0 Å². The van der Waals surface area contributed by atoms with Crippen molar-refractivity contribution in [2.45, 2.75) is 25.9 Å². The second-order valence-electron chi connectivity index (χ2n) is 5.19. The number of nitrogens with zero attached hydrogens (tertiary/aromatic N) is 1. The Morgan fingerprint density at radius 2 is 1.86 bits per heavy atom. The molecule has 3 amide bonds. The summed E-state index contributed by atoms with van der Waals surface area (Å²) in [5.41, 5.74) is 1.77. The van der Waals surface area contributed by atoms with E-state index in [1.165, 1.54) is 4.90 Å². The molecule has 0 bridgehead atoms. The first-order chi connectivity index (χ1) is 9.85. The highest BCUT2D eigenvalue weighted by molar-refractivity contribution is 5.93. The quantitative estimate of drug-likeness (QED) is 0.771. The molecule has 0 aromatic heterocycles. The van der Waals surface area contributed by atoms with Gasteiger partial charge in [0.05, 0.1) is 0 Å². The average molecular weight is 292 g/mol. The van der Waals surface area contributed by atoms with Gasteiger partial charge in [-0.05, 0) is 38.6 Å². The zero-order chi connectivity index (χ0) is 16.0. The Kier molecular flexibility index (Phi) is 6.17. The fourth-order valence-corrected chi connectivity index (χ4v) is 1.87. The summed E-state index contributed by atoms with van der Waals surface area (Å²) < 4.78 is 0. The molecule has 2 unspecified atom stereocenters. The molecule has 0 saturated heterocycles. The van der Waals surface area contributed by atoms with Crippen LogP contribution >= 0.6 is 0 Å². The molecular weight excluding hydrogens is 268 g/mol. The lowest BCUT2D eigenvalue weighted by Crippen LogP contribution is -2.45. The summed E-state index contributed by atoms with van der Waals surface area (Å²) in [6, 6.07) is 6.81. The first-order valence-electron chi connectivity index (χ1n) is 6.91. The minimum Gasteiger partial charge on any atom is -0.347 e. The molecule has 0 aliphatic heterocycles. The summed E-state index contributed by atoms with van der Waals surface area (Å²) in [6.45, 7) is 3.69. The molecule has 0 spiro atoms. The largest absolute Gasteiger partial charge is 0.347 e. The molecule has 0 heterocycles. The minimum atomic E-state index is -0.570. The van der Waals surface area contributed by atoms with E-state index in [1.807, 2.05) is 38.2 Å². The summed E-state index contributed by atoms with van der Waals surface area (Å²) in [4.78, 5) is 25.0. The Labute approximate surface area is 125 Å². The second-order valence-corrected chi connectivity index (χ2v) is 5.19. The molecule has 0 aliphatic carbocycles. The van der Waals surface area contributed by atoms with E-state index in [-0.39, 0.29) is 11.9 Å². The van der Waals surface area contributed by atoms with Gasteiger partial charge in [0.15, 0.2) is 0 Å². The minimum absolute atomic E-state index is 0.150. The van der Waals surface area contributed by atoms with Crippen LogP contribution in [0, 0.1) is 0 Å². The van der Waals surface area contributed by atoms with Crippen molar-refractivity contribution in [1.29, 1.82) is 0 Å². The third kappa shape index (κ3) is 5.07. The van der Waals surface area contributed by atoms with Crippen molar-refractivity contribution < 1.29 is 9.59 Å². The second kappa shape index (κ2) is 7.64. The Morgan fingerprint density at radius 1 is 1.19 bits per heavy atom. The van der Waals surface area contributed by atoms with Crippen molar-refractivity contribution in [3.8, 4) is 0 Å². The number of hydrogen-bond acceptors (Lipinski definition) is 3. The van der Waals surface area contributed by atoms with Crippen LogP contribution < -0.4 is 16.0 Å². The molecule has 1 aromatic carbocycles. The van der Waals surface area contributed by atoms with Crippen molar-refractivity contribution in [2.75, 3.05) is 26.5 Å². The lowest BCUT2D eigenvalue weighted by Gasteiger charge is -2.18. The van der Waals surface area contributed by atoms with Crippen LogP contribution in [0.2, 0.25) is 0 Å². The van der Waals surface area contributed by atoms with Crippen molar-refractivity contribution in [3.05, 3.63) is 29.8 Å². The highest BCUT2D eigenvalue weighted by Crippen LogP contribution is 2.16. The number of amides is 3. The summed E-state index contributed by atoms with van der Waals surface area (Å²) in [5, 5.41) is 8.50. The predicted octanol–water partition coefficient (Wildman–Crippen LogP) is 1.57. The Balaban J connectivity index is 2.65. The van der Waals surface area contributed by atoms with Crippen LogP contribution in [0.3, 0.4) is 0 Å². The van der Waals surface area contributed by atoms with Crippen LogP contribution in [0.15, 0.2) is 24.3 Å². The van der Waals surface area contributed by atoms with Crippen LogP contribution in [0.25, 0.3) is 0 Å². The van der Waals surface area contributed by atoms with Gasteiger partial charge in [-0.15, -0.1) is 0 Å². The van der Waals surface area contributed by atoms with Gasteiger partial charge in [-0.2, -0.15) is 0 Å². The number of nitrogens with one attached hydrogen (secondary N) is 3. The molecule has 1 rings (SSSR count). The molecule has 0 saturated carbocycles. The Bertz CT molecular complexity index is 502. The van der Waals surface area contributed by atoms with E-state index in [9.17, 15) is 9.59 Å². The van der Waals surface area contributed by atoms with E-state index in [2.05, 4.69) is 16.0 Å². The number of urea groups is 1. The predicted molar refractivity (Wildman–Crippen MR) is 84.2 cm³/mol. The molecule has 1 aromatic rings. The third-order valence-electron chi connectivity index (χ3n) is 3.24. The lowest BCUT2D eigenvalue weighted by atomic mass is 10.1. The molecule has 116 valence electrons. The van der Waals surface area contributed by atoms with Gasteiger partial charge in [0, 0.05) is 25.8 Å². The third-order valence-corrected chi connectivity index (χ3v) is 3.24. The zero-order valence-corrected chi connectivity index (χ0v) is 13.2. The van der Waals surface area contributed by atoms with E-state index < -0.39 is 12.1 Å². The SMILES string of the molecule is CNC(C)c1cccc(NC(=O)NC(C)C(=O)N(C)C)c1. The number of anilines is 1. The molecule has 3 N–H and O–H groups in total. The molecule has 2 atom stereocenters. The van der Waals surface area contributed by atoms with E-state index in [0.717, 1.165) is 5.56 Å². The number of benzene rings is 1. The maximum absolute atomic E-state index is 11.9. The number of carbonyl (C=O) groups is 2. The fourth-order valence-electron chi connectivity index (χ4n) is 1.87. The summed E-state index contributed by atoms with van der Waals surface area (Å²) >= 11 is 0. The summed E-state index contributed by atoms with van der Waals surface area (Å²) in [5.74, 6) is -0.150. The molecule has 6 heteroatoms. The van der Waals surface area contributed by atoms with Crippen LogP contribution in [-0.2, 0) is 4.79 Å². The monoisotopic (exact) mass is 292 g/mol. The highest BCUT2D eigenvalue weighted by Gasteiger charge is 2.17. The first kappa shape index (κ1) is 17.0. The zero-order valence-electron chi connectivity index (χ0n) is 13.2. The highest BCUT2D eigenvalue weighted by atomic mass is 16.2.